The average molecular weight is 290 g/mol. The molecular formula is C17H26N2O2. The number of piperidine rings is 1. The van der Waals surface area contributed by atoms with Gasteiger partial charge in [0, 0.05) is 19.1 Å². The maximum atomic E-state index is 10.9. The van der Waals surface area contributed by atoms with Crippen LogP contribution in [0.2, 0.25) is 0 Å². The van der Waals surface area contributed by atoms with E-state index in [1.165, 1.54) is 24.8 Å². The third-order valence-electron chi connectivity index (χ3n) is 4.04. The minimum Gasteiger partial charge on any atom is -0.478 e. The molecule has 1 heterocycles. The van der Waals surface area contributed by atoms with Crippen molar-refractivity contribution in [3.8, 4) is 0 Å². The van der Waals surface area contributed by atoms with E-state index in [1.807, 2.05) is 12.1 Å². The Morgan fingerprint density at radius 3 is 2.67 bits per heavy atom. The van der Waals surface area contributed by atoms with Gasteiger partial charge in [0.15, 0.2) is 0 Å². The van der Waals surface area contributed by atoms with Gasteiger partial charge in [-0.25, -0.2) is 4.79 Å². The van der Waals surface area contributed by atoms with E-state index in [0.29, 0.717) is 11.6 Å². The largest absolute Gasteiger partial charge is 0.478 e. The summed E-state index contributed by atoms with van der Waals surface area (Å²) in [5.74, 6) is -0.863. The molecule has 0 radical (unpaired) electrons. The molecule has 116 valence electrons. The molecule has 4 nitrogen and oxygen atoms in total. The van der Waals surface area contributed by atoms with Crippen LogP contribution in [0.15, 0.2) is 24.3 Å². The number of rotatable bonds is 7. The molecule has 0 amide bonds. The molecule has 0 saturated carbocycles. The first-order valence-electron chi connectivity index (χ1n) is 7.97. The fraction of sp³-hybridized carbons (Fsp3) is 0.588. The van der Waals surface area contributed by atoms with E-state index < -0.39 is 5.97 Å². The predicted octanol–water partition coefficient (Wildman–Crippen LogP) is 2.74. The third kappa shape index (κ3) is 5.14. The Balaban J connectivity index is 1.92. The van der Waals surface area contributed by atoms with Gasteiger partial charge in [0.05, 0.1) is 5.56 Å². The van der Waals surface area contributed by atoms with Crippen LogP contribution in [0.1, 0.15) is 48.5 Å². The second-order valence-corrected chi connectivity index (χ2v) is 5.88. The van der Waals surface area contributed by atoms with Gasteiger partial charge in [0.1, 0.15) is 0 Å². The highest BCUT2D eigenvalue weighted by Gasteiger charge is 2.16. The summed E-state index contributed by atoms with van der Waals surface area (Å²) in [7, 11) is 0. The van der Waals surface area contributed by atoms with Crippen molar-refractivity contribution in [1.29, 1.82) is 0 Å². The van der Waals surface area contributed by atoms with Crippen LogP contribution >= 0.6 is 0 Å². The SMILES string of the molecule is CCCN(Cc1ccc(C(=O)O)cc1)CC1CCCCN1. The number of carboxylic acid groups (broad SMARTS) is 1. The lowest BCUT2D eigenvalue weighted by Crippen LogP contribution is -2.43. The lowest BCUT2D eigenvalue weighted by Gasteiger charge is -2.30. The van der Waals surface area contributed by atoms with Crippen LogP contribution in [0.4, 0.5) is 0 Å². The van der Waals surface area contributed by atoms with E-state index in [4.69, 9.17) is 5.11 Å². The Morgan fingerprint density at radius 2 is 2.10 bits per heavy atom. The fourth-order valence-electron chi connectivity index (χ4n) is 2.95. The minimum absolute atomic E-state index is 0.356. The summed E-state index contributed by atoms with van der Waals surface area (Å²) in [6, 6.07) is 7.85. The highest BCUT2D eigenvalue weighted by atomic mass is 16.4. The van der Waals surface area contributed by atoms with Crippen molar-refractivity contribution in [2.24, 2.45) is 0 Å². The average Bonchev–Trinajstić information content (AvgIpc) is 2.49. The molecule has 2 N–H and O–H groups in total. The van der Waals surface area contributed by atoms with E-state index in [2.05, 4.69) is 17.1 Å². The molecule has 1 saturated heterocycles. The molecule has 0 spiro atoms. The fourth-order valence-corrected chi connectivity index (χ4v) is 2.95. The molecule has 1 aromatic rings. The van der Waals surface area contributed by atoms with Crippen molar-refractivity contribution in [3.05, 3.63) is 35.4 Å². The van der Waals surface area contributed by atoms with Gasteiger partial charge in [-0.2, -0.15) is 0 Å². The van der Waals surface area contributed by atoms with Crippen LogP contribution in [-0.4, -0.2) is 41.7 Å². The van der Waals surface area contributed by atoms with Crippen molar-refractivity contribution in [3.63, 3.8) is 0 Å². The first kappa shape index (κ1) is 16.0. The smallest absolute Gasteiger partial charge is 0.335 e. The van der Waals surface area contributed by atoms with Crippen molar-refractivity contribution in [2.75, 3.05) is 19.6 Å². The van der Waals surface area contributed by atoms with Crippen molar-refractivity contribution in [2.45, 2.75) is 45.2 Å². The van der Waals surface area contributed by atoms with Crippen molar-refractivity contribution < 1.29 is 9.90 Å². The van der Waals surface area contributed by atoms with Gasteiger partial charge < -0.3 is 10.4 Å². The summed E-state index contributed by atoms with van der Waals surface area (Å²) in [5, 5.41) is 12.5. The van der Waals surface area contributed by atoms with Gasteiger partial charge in [-0.15, -0.1) is 0 Å². The van der Waals surface area contributed by atoms with E-state index >= 15 is 0 Å². The maximum absolute atomic E-state index is 10.9. The molecule has 0 aromatic heterocycles. The van der Waals surface area contributed by atoms with Crippen LogP contribution in [-0.2, 0) is 6.54 Å². The Hall–Kier alpha value is -1.39. The predicted molar refractivity (Wildman–Crippen MR) is 84.6 cm³/mol. The van der Waals surface area contributed by atoms with Gasteiger partial charge in [-0.3, -0.25) is 4.90 Å². The minimum atomic E-state index is -0.863. The summed E-state index contributed by atoms with van der Waals surface area (Å²) < 4.78 is 0. The zero-order chi connectivity index (χ0) is 15.1. The number of benzene rings is 1. The molecule has 1 aliphatic rings. The number of nitrogens with zero attached hydrogens (tertiary/aromatic N) is 1. The molecule has 1 atom stereocenters. The van der Waals surface area contributed by atoms with Gasteiger partial charge in [0.2, 0.25) is 0 Å². The summed E-state index contributed by atoms with van der Waals surface area (Å²) in [6.45, 7) is 6.39. The number of hydrogen-bond donors (Lipinski definition) is 2. The normalized spacial score (nSPS) is 18.9. The topological polar surface area (TPSA) is 52.6 Å². The van der Waals surface area contributed by atoms with E-state index in [1.54, 1.807) is 12.1 Å². The summed E-state index contributed by atoms with van der Waals surface area (Å²) in [4.78, 5) is 13.4. The molecule has 1 fully saturated rings. The van der Waals surface area contributed by atoms with Gasteiger partial charge in [-0.05, 0) is 50.0 Å². The van der Waals surface area contributed by atoms with Gasteiger partial charge in [-0.1, -0.05) is 25.5 Å². The van der Waals surface area contributed by atoms with Crippen LogP contribution < -0.4 is 5.32 Å². The number of nitrogens with one attached hydrogen (secondary N) is 1. The molecule has 1 aromatic carbocycles. The Morgan fingerprint density at radius 1 is 1.33 bits per heavy atom. The zero-order valence-electron chi connectivity index (χ0n) is 12.8. The second kappa shape index (κ2) is 8.15. The zero-order valence-corrected chi connectivity index (χ0v) is 12.8. The van der Waals surface area contributed by atoms with Crippen molar-refractivity contribution >= 4 is 5.97 Å². The lowest BCUT2D eigenvalue weighted by atomic mass is 10.0. The number of carboxylic acids is 1. The van der Waals surface area contributed by atoms with Crippen LogP contribution in [0, 0.1) is 0 Å². The first-order chi connectivity index (χ1) is 10.2. The van der Waals surface area contributed by atoms with Gasteiger partial charge in [0.25, 0.3) is 0 Å². The van der Waals surface area contributed by atoms with E-state index in [-0.39, 0.29) is 0 Å². The molecule has 1 unspecified atom stereocenters. The van der Waals surface area contributed by atoms with E-state index in [9.17, 15) is 4.79 Å². The Labute approximate surface area is 127 Å². The third-order valence-corrected chi connectivity index (χ3v) is 4.04. The quantitative estimate of drug-likeness (QED) is 0.811. The van der Waals surface area contributed by atoms with Crippen LogP contribution in [0.25, 0.3) is 0 Å². The molecule has 21 heavy (non-hydrogen) atoms. The molecule has 4 heteroatoms. The lowest BCUT2D eigenvalue weighted by molar-refractivity contribution is 0.0697. The summed E-state index contributed by atoms with van der Waals surface area (Å²) in [5.41, 5.74) is 1.54. The highest BCUT2D eigenvalue weighted by Crippen LogP contribution is 2.12. The molecule has 0 bridgehead atoms. The molecule has 2 rings (SSSR count). The maximum Gasteiger partial charge on any atom is 0.335 e. The second-order valence-electron chi connectivity index (χ2n) is 5.88. The van der Waals surface area contributed by atoms with Gasteiger partial charge >= 0.3 is 5.97 Å². The Kier molecular flexibility index (Phi) is 6.21. The Bertz CT molecular complexity index is 439. The van der Waals surface area contributed by atoms with Crippen LogP contribution in [0.3, 0.4) is 0 Å². The number of carbonyl (C=O) groups is 1. The summed E-state index contributed by atoms with van der Waals surface area (Å²) in [6.07, 6.45) is 5.02. The van der Waals surface area contributed by atoms with Crippen LogP contribution in [0.5, 0.6) is 0 Å². The van der Waals surface area contributed by atoms with Crippen molar-refractivity contribution in [1.82, 2.24) is 10.2 Å². The number of aromatic carboxylic acids is 1. The number of hydrogen-bond acceptors (Lipinski definition) is 3. The molecule has 0 aliphatic carbocycles. The summed E-state index contributed by atoms with van der Waals surface area (Å²) >= 11 is 0. The highest BCUT2D eigenvalue weighted by molar-refractivity contribution is 5.87. The molecular weight excluding hydrogens is 264 g/mol. The standard InChI is InChI=1S/C17H26N2O2/c1-2-11-19(13-16-5-3-4-10-18-16)12-14-6-8-15(9-7-14)17(20)21/h6-9,16,18H,2-5,10-13H2,1H3,(H,20,21). The molecule has 1 aliphatic heterocycles. The first-order valence-corrected chi connectivity index (χ1v) is 7.97. The van der Waals surface area contributed by atoms with E-state index in [0.717, 1.165) is 32.6 Å². The monoisotopic (exact) mass is 290 g/mol.